The number of rotatable bonds is 2. The van der Waals surface area contributed by atoms with Gasteiger partial charge in [-0.1, -0.05) is 104 Å². The van der Waals surface area contributed by atoms with Gasteiger partial charge >= 0.3 is 0 Å². The molecule has 1 aliphatic heterocycles. The van der Waals surface area contributed by atoms with Crippen molar-refractivity contribution < 1.29 is 0 Å². The topological polar surface area (TPSA) is 0 Å². The van der Waals surface area contributed by atoms with Crippen molar-refractivity contribution in [3.63, 3.8) is 0 Å². The zero-order valence-corrected chi connectivity index (χ0v) is 19.8. The molecule has 2 aliphatic rings. The Hall–Kier alpha value is -3.03. The molecule has 0 N–H and O–H groups in total. The smallest absolute Gasteiger partial charge is 0.0207 e. The zero-order valence-electron chi connectivity index (χ0n) is 19.0. The van der Waals surface area contributed by atoms with Gasteiger partial charge in [0, 0.05) is 20.6 Å². The number of fused-ring (bicyclic) bond motifs is 3. The van der Waals surface area contributed by atoms with E-state index in [9.17, 15) is 0 Å². The lowest BCUT2D eigenvalue weighted by atomic mass is 9.81. The average Bonchev–Trinajstić information content (AvgIpc) is 3.05. The van der Waals surface area contributed by atoms with Gasteiger partial charge in [0.05, 0.1) is 0 Å². The van der Waals surface area contributed by atoms with Gasteiger partial charge in [-0.25, -0.2) is 0 Å². The summed E-state index contributed by atoms with van der Waals surface area (Å²) in [6, 6.07) is 27.3. The molecule has 0 saturated heterocycles. The van der Waals surface area contributed by atoms with Crippen LogP contribution >= 0.6 is 11.8 Å². The maximum absolute atomic E-state index is 2.35. The molecule has 156 valence electrons. The fraction of sp³-hybridized carbons (Fsp3) is 0.161. The average molecular weight is 431 g/mol. The van der Waals surface area contributed by atoms with Crippen LogP contribution in [0.3, 0.4) is 0 Å². The van der Waals surface area contributed by atoms with Crippen LogP contribution in [0.15, 0.2) is 94.7 Å². The van der Waals surface area contributed by atoms with Crippen molar-refractivity contribution in [1.29, 1.82) is 0 Å². The maximum Gasteiger partial charge on any atom is 0.0207 e. The fourth-order valence-electron chi connectivity index (χ4n) is 5.62. The standard InChI is InChI=1S/C31H26S/c1-5-10-27-19(2)20-12-8-13-23-21(17-18-28(32-27)30(20)23)22-14-9-16-26-29(22)24-11-6-7-15-25(24)31(26,3)4/h5-18H,1-4H3/b10-5-. The Bertz CT molecular complexity index is 1480. The molecule has 1 aliphatic carbocycles. The van der Waals surface area contributed by atoms with Crippen molar-refractivity contribution >= 4 is 28.1 Å². The maximum atomic E-state index is 2.35. The van der Waals surface area contributed by atoms with Crippen molar-refractivity contribution in [3.05, 3.63) is 107 Å². The third-order valence-corrected chi connectivity index (χ3v) is 8.43. The fourth-order valence-corrected chi connectivity index (χ4v) is 6.79. The first-order chi connectivity index (χ1) is 15.5. The Morgan fingerprint density at radius 1 is 0.719 bits per heavy atom. The van der Waals surface area contributed by atoms with Gasteiger partial charge < -0.3 is 0 Å². The summed E-state index contributed by atoms with van der Waals surface area (Å²) in [5, 5.41) is 2.74. The normalized spacial score (nSPS) is 16.0. The van der Waals surface area contributed by atoms with Crippen molar-refractivity contribution in [2.45, 2.75) is 38.0 Å². The van der Waals surface area contributed by atoms with E-state index in [0.717, 1.165) is 0 Å². The first-order valence-corrected chi connectivity index (χ1v) is 12.2. The molecule has 4 aromatic rings. The van der Waals surface area contributed by atoms with Crippen LogP contribution in [0.4, 0.5) is 0 Å². The highest BCUT2D eigenvalue weighted by Gasteiger charge is 2.36. The molecule has 0 amide bonds. The van der Waals surface area contributed by atoms with Gasteiger partial charge in [0.15, 0.2) is 0 Å². The molecule has 1 heterocycles. The van der Waals surface area contributed by atoms with E-state index < -0.39 is 0 Å². The van der Waals surface area contributed by atoms with Crippen molar-refractivity contribution in [2.24, 2.45) is 0 Å². The Labute approximate surface area is 194 Å². The van der Waals surface area contributed by atoms with Crippen LogP contribution in [-0.2, 0) is 5.41 Å². The second kappa shape index (κ2) is 6.98. The van der Waals surface area contributed by atoms with Gasteiger partial charge in [-0.05, 0) is 69.8 Å². The quantitative estimate of drug-likeness (QED) is 0.305. The molecule has 0 saturated carbocycles. The number of allylic oxidation sites excluding steroid dienone is 3. The molecule has 1 heteroatoms. The van der Waals surface area contributed by atoms with E-state index in [0.29, 0.717) is 0 Å². The van der Waals surface area contributed by atoms with E-state index in [1.165, 1.54) is 65.1 Å². The molecule has 4 aromatic carbocycles. The van der Waals surface area contributed by atoms with Crippen LogP contribution in [-0.4, -0.2) is 0 Å². The van der Waals surface area contributed by atoms with Gasteiger partial charge in [-0.2, -0.15) is 0 Å². The molecule has 0 fully saturated rings. The lowest BCUT2D eigenvalue weighted by Crippen LogP contribution is -2.14. The Kier molecular flexibility index (Phi) is 4.29. The van der Waals surface area contributed by atoms with Crippen molar-refractivity contribution in [3.8, 4) is 22.3 Å². The van der Waals surface area contributed by atoms with Crippen molar-refractivity contribution in [1.82, 2.24) is 0 Å². The highest BCUT2D eigenvalue weighted by atomic mass is 32.2. The minimum absolute atomic E-state index is 0.0187. The monoisotopic (exact) mass is 430 g/mol. The van der Waals surface area contributed by atoms with Crippen LogP contribution in [0, 0.1) is 0 Å². The summed E-state index contributed by atoms with van der Waals surface area (Å²) in [4.78, 5) is 2.70. The summed E-state index contributed by atoms with van der Waals surface area (Å²) in [7, 11) is 0. The second-order valence-corrected chi connectivity index (χ2v) is 10.4. The lowest BCUT2D eigenvalue weighted by molar-refractivity contribution is 0.660. The van der Waals surface area contributed by atoms with Crippen LogP contribution in [0.2, 0.25) is 0 Å². The van der Waals surface area contributed by atoms with E-state index >= 15 is 0 Å². The molecular formula is C31H26S. The highest BCUT2D eigenvalue weighted by Crippen LogP contribution is 2.54. The van der Waals surface area contributed by atoms with Gasteiger partial charge in [-0.3, -0.25) is 0 Å². The van der Waals surface area contributed by atoms with Gasteiger partial charge in [0.2, 0.25) is 0 Å². The van der Waals surface area contributed by atoms with Gasteiger partial charge in [-0.15, -0.1) is 0 Å². The van der Waals surface area contributed by atoms with Crippen LogP contribution < -0.4 is 0 Å². The predicted molar refractivity (Wildman–Crippen MR) is 140 cm³/mol. The molecule has 0 bridgehead atoms. The molecule has 0 aromatic heterocycles. The molecule has 6 rings (SSSR count). The highest BCUT2D eigenvalue weighted by molar-refractivity contribution is 8.03. The summed E-state index contributed by atoms with van der Waals surface area (Å²) in [6.45, 7) is 9.06. The van der Waals surface area contributed by atoms with Gasteiger partial charge in [0.25, 0.3) is 0 Å². The summed E-state index contributed by atoms with van der Waals surface area (Å²) >= 11 is 1.89. The van der Waals surface area contributed by atoms with Crippen molar-refractivity contribution in [2.75, 3.05) is 0 Å². The minimum atomic E-state index is 0.0187. The summed E-state index contributed by atoms with van der Waals surface area (Å²) in [5.74, 6) is 0. The van der Waals surface area contributed by atoms with E-state index in [1.54, 1.807) is 0 Å². The van der Waals surface area contributed by atoms with Crippen LogP contribution in [0.25, 0.3) is 38.6 Å². The summed E-state index contributed by atoms with van der Waals surface area (Å²) in [5.41, 5.74) is 11.1. The third kappa shape index (κ3) is 2.58. The summed E-state index contributed by atoms with van der Waals surface area (Å²) < 4.78 is 0. The number of thioether (sulfide) groups is 1. The first-order valence-electron chi connectivity index (χ1n) is 11.3. The molecular weight excluding hydrogens is 404 g/mol. The van der Waals surface area contributed by atoms with E-state index in [-0.39, 0.29) is 5.41 Å². The molecule has 32 heavy (non-hydrogen) atoms. The van der Waals surface area contributed by atoms with E-state index in [2.05, 4.69) is 113 Å². The molecule has 0 nitrogen and oxygen atoms in total. The predicted octanol–water partition coefficient (Wildman–Crippen LogP) is 9.23. The molecule has 0 spiro atoms. The molecule has 0 radical (unpaired) electrons. The number of benzene rings is 4. The SMILES string of the molecule is C/C=C\C1=C(C)c2cccc3c(-c4cccc5c4-c4ccccc4C5(C)C)ccc(c23)S1. The lowest BCUT2D eigenvalue weighted by Gasteiger charge is -2.23. The number of hydrogen-bond donors (Lipinski definition) is 0. The largest absolute Gasteiger partial charge is 0.0891 e. The van der Waals surface area contributed by atoms with E-state index in [1.807, 2.05) is 11.8 Å². The Morgan fingerprint density at radius 3 is 2.28 bits per heavy atom. The molecule has 0 unspecified atom stereocenters. The van der Waals surface area contributed by atoms with Crippen LogP contribution in [0.5, 0.6) is 0 Å². The Morgan fingerprint density at radius 2 is 1.44 bits per heavy atom. The first kappa shape index (κ1) is 19.6. The van der Waals surface area contributed by atoms with Crippen LogP contribution in [0.1, 0.15) is 44.4 Å². The zero-order chi connectivity index (χ0) is 22.0. The molecule has 0 atom stereocenters. The Balaban J connectivity index is 1.67. The second-order valence-electron chi connectivity index (χ2n) is 9.33. The van der Waals surface area contributed by atoms with E-state index in [4.69, 9.17) is 0 Å². The number of hydrogen-bond acceptors (Lipinski definition) is 1. The minimum Gasteiger partial charge on any atom is -0.0891 e. The summed E-state index contributed by atoms with van der Waals surface area (Å²) in [6.07, 6.45) is 4.37. The third-order valence-electron chi connectivity index (χ3n) is 7.21. The van der Waals surface area contributed by atoms with Gasteiger partial charge in [0.1, 0.15) is 0 Å².